The first kappa shape index (κ1) is 16.0. The Kier molecular flexibility index (Phi) is 5.16. The monoisotopic (exact) mass is 304 g/mol. The first-order valence-corrected chi connectivity index (χ1v) is 7.10. The molecule has 1 amide bonds. The molecule has 2 N–H and O–H groups in total. The van der Waals surface area contributed by atoms with Gasteiger partial charge in [0, 0.05) is 18.7 Å². The van der Waals surface area contributed by atoms with Crippen LogP contribution in [0.15, 0.2) is 35.4 Å². The Bertz CT molecular complexity index is 610. The standard InChI is InChI=1S/C16H20N2O4/c1-11-6-7-18(16(21)14(11)9-15(19)20)17-10-12-4-3-5-13(8-12)22-2/h3-5,8,17H,6-7,9-10H2,1-2H3,(H,19,20). The number of nitrogens with one attached hydrogen (secondary N) is 1. The second kappa shape index (κ2) is 7.09. The average Bonchev–Trinajstić information content (AvgIpc) is 2.50. The Balaban J connectivity index is 2.01. The predicted octanol–water partition coefficient (Wildman–Crippen LogP) is 1.72. The van der Waals surface area contributed by atoms with E-state index in [4.69, 9.17) is 9.84 Å². The summed E-state index contributed by atoms with van der Waals surface area (Å²) in [6, 6.07) is 7.56. The van der Waals surface area contributed by atoms with E-state index in [0.717, 1.165) is 16.9 Å². The molecule has 1 aromatic rings. The van der Waals surface area contributed by atoms with Crippen LogP contribution >= 0.6 is 0 Å². The number of methoxy groups -OCH3 is 1. The fourth-order valence-corrected chi connectivity index (χ4v) is 2.38. The van der Waals surface area contributed by atoms with Crippen LogP contribution < -0.4 is 10.2 Å². The highest BCUT2D eigenvalue weighted by molar-refractivity contribution is 5.98. The number of rotatable bonds is 6. The number of hydrogen-bond acceptors (Lipinski definition) is 4. The third kappa shape index (κ3) is 3.85. The largest absolute Gasteiger partial charge is 0.497 e. The maximum atomic E-state index is 12.3. The molecule has 1 aliphatic heterocycles. The minimum absolute atomic E-state index is 0.234. The van der Waals surface area contributed by atoms with Crippen molar-refractivity contribution in [3.05, 3.63) is 41.0 Å². The molecule has 1 aliphatic rings. The lowest BCUT2D eigenvalue weighted by Crippen LogP contribution is -2.46. The smallest absolute Gasteiger partial charge is 0.308 e. The van der Waals surface area contributed by atoms with Gasteiger partial charge in [-0.3, -0.25) is 14.6 Å². The van der Waals surface area contributed by atoms with Gasteiger partial charge in [0.25, 0.3) is 5.91 Å². The summed E-state index contributed by atoms with van der Waals surface area (Å²) in [6.07, 6.45) is 0.446. The highest BCUT2D eigenvalue weighted by atomic mass is 16.5. The summed E-state index contributed by atoms with van der Waals surface area (Å²) < 4.78 is 5.16. The Morgan fingerprint density at radius 3 is 2.91 bits per heavy atom. The number of nitrogens with zero attached hydrogens (tertiary/aromatic N) is 1. The number of aliphatic carboxylic acids is 1. The molecule has 0 saturated heterocycles. The maximum absolute atomic E-state index is 12.3. The van der Waals surface area contributed by atoms with Crippen LogP contribution in [0.25, 0.3) is 0 Å². The molecule has 118 valence electrons. The van der Waals surface area contributed by atoms with E-state index in [1.807, 2.05) is 31.2 Å². The van der Waals surface area contributed by atoms with E-state index in [9.17, 15) is 9.59 Å². The van der Waals surface area contributed by atoms with E-state index in [1.165, 1.54) is 5.01 Å². The quantitative estimate of drug-likeness (QED) is 0.836. The first-order chi connectivity index (χ1) is 10.5. The molecule has 2 rings (SSSR count). The van der Waals surface area contributed by atoms with E-state index >= 15 is 0 Å². The molecule has 0 bridgehead atoms. The van der Waals surface area contributed by atoms with Gasteiger partial charge >= 0.3 is 5.97 Å². The lowest BCUT2D eigenvalue weighted by atomic mass is 9.99. The molecule has 0 aliphatic carbocycles. The van der Waals surface area contributed by atoms with Crippen molar-refractivity contribution in [2.45, 2.75) is 26.3 Å². The molecular weight excluding hydrogens is 284 g/mol. The van der Waals surface area contributed by atoms with Crippen molar-refractivity contribution >= 4 is 11.9 Å². The molecular formula is C16H20N2O4. The van der Waals surface area contributed by atoms with E-state index in [-0.39, 0.29) is 12.3 Å². The normalized spacial score (nSPS) is 15.2. The molecule has 0 radical (unpaired) electrons. The summed E-state index contributed by atoms with van der Waals surface area (Å²) >= 11 is 0. The van der Waals surface area contributed by atoms with Gasteiger partial charge in [0.05, 0.1) is 13.5 Å². The van der Waals surface area contributed by atoms with Crippen molar-refractivity contribution in [3.8, 4) is 5.75 Å². The average molecular weight is 304 g/mol. The van der Waals surface area contributed by atoms with Gasteiger partial charge < -0.3 is 9.84 Å². The molecule has 22 heavy (non-hydrogen) atoms. The number of hydrazine groups is 1. The minimum atomic E-state index is -0.989. The van der Waals surface area contributed by atoms with Crippen LogP contribution in [0.1, 0.15) is 25.3 Å². The minimum Gasteiger partial charge on any atom is -0.497 e. The van der Waals surface area contributed by atoms with Gasteiger partial charge in [-0.05, 0) is 31.0 Å². The Morgan fingerprint density at radius 2 is 2.23 bits per heavy atom. The van der Waals surface area contributed by atoms with E-state index in [1.54, 1.807) is 7.11 Å². The van der Waals surface area contributed by atoms with Crippen LogP contribution in [0, 0.1) is 0 Å². The first-order valence-electron chi connectivity index (χ1n) is 7.10. The van der Waals surface area contributed by atoms with Crippen LogP contribution in [0.3, 0.4) is 0 Å². The number of carbonyl (C=O) groups excluding carboxylic acids is 1. The molecule has 0 aromatic heterocycles. The molecule has 0 unspecified atom stereocenters. The van der Waals surface area contributed by atoms with Crippen LogP contribution in [-0.4, -0.2) is 35.6 Å². The number of amides is 1. The van der Waals surface area contributed by atoms with Crippen molar-refractivity contribution in [1.82, 2.24) is 10.4 Å². The fraction of sp³-hybridized carbons (Fsp3) is 0.375. The molecule has 0 fully saturated rings. The lowest BCUT2D eigenvalue weighted by molar-refractivity contribution is -0.139. The number of carbonyl (C=O) groups is 2. The lowest BCUT2D eigenvalue weighted by Gasteiger charge is -2.29. The van der Waals surface area contributed by atoms with Crippen LogP contribution in [-0.2, 0) is 16.1 Å². The van der Waals surface area contributed by atoms with Crippen molar-refractivity contribution in [3.63, 3.8) is 0 Å². The zero-order valence-electron chi connectivity index (χ0n) is 12.8. The Labute approximate surface area is 129 Å². The molecule has 0 spiro atoms. The van der Waals surface area contributed by atoms with Gasteiger partial charge in [-0.2, -0.15) is 0 Å². The summed E-state index contributed by atoms with van der Waals surface area (Å²) in [6.45, 7) is 2.83. The van der Waals surface area contributed by atoms with E-state index in [2.05, 4.69) is 5.43 Å². The number of hydrogen-bond donors (Lipinski definition) is 2. The molecule has 6 nitrogen and oxygen atoms in total. The maximum Gasteiger partial charge on any atom is 0.308 e. The van der Waals surface area contributed by atoms with Crippen LogP contribution in [0.4, 0.5) is 0 Å². The SMILES string of the molecule is COc1cccc(CNN2CCC(C)=C(CC(=O)O)C2=O)c1. The van der Waals surface area contributed by atoms with Gasteiger partial charge in [-0.1, -0.05) is 17.7 Å². The second-order valence-corrected chi connectivity index (χ2v) is 5.22. The van der Waals surface area contributed by atoms with E-state index < -0.39 is 5.97 Å². The zero-order chi connectivity index (χ0) is 16.1. The van der Waals surface area contributed by atoms with Gasteiger partial charge in [-0.25, -0.2) is 5.43 Å². The van der Waals surface area contributed by atoms with Gasteiger partial charge in [0.15, 0.2) is 0 Å². The summed E-state index contributed by atoms with van der Waals surface area (Å²) in [5.74, 6) is -0.488. The van der Waals surface area contributed by atoms with Crippen molar-refractivity contribution in [2.75, 3.05) is 13.7 Å². The predicted molar refractivity (Wildman–Crippen MR) is 81.1 cm³/mol. The van der Waals surface area contributed by atoms with Crippen molar-refractivity contribution in [2.24, 2.45) is 0 Å². The summed E-state index contributed by atoms with van der Waals surface area (Å²) in [5, 5.41) is 10.4. The summed E-state index contributed by atoms with van der Waals surface area (Å²) in [4.78, 5) is 23.2. The Hall–Kier alpha value is -2.34. The molecule has 6 heteroatoms. The van der Waals surface area contributed by atoms with Crippen LogP contribution in [0.5, 0.6) is 5.75 Å². The Morgan fingerprint density at radius 1 is 1.45 bits per heavy atom. The second-order valence-electron chi connectivity index (χ2n) is 5.22. The third-order valence-electron chi connectivity index (χ3n) is 3.67. The third-order valence-corrected chi connectivity index (χ3v) is 3.67. The van der Waals surface area contributed by atoms with Crippen molar-refractivity contribution in [1.29, 1.82) is 0 Å². The van der Waals surface area contributed by atoms with Crippen molar-refractivity contribution < 1.29 is 19.4 Å². The number of benzene rings is 1. The van der Waals surface area contributed by atoms with Gasteiger partial charge in [0.2, 0.25) is 0 Å². The highest BCUT2D eigenvalue weighted by Crippen LogP contribution is 2.21. The summed E-state index contributed by atoms with van der Waals surface area (Å²) in [7, 11) is 1.60. The fourth-order valence-electron chi connectivity index (χ4n) is 2.38. The summed E-state index contributed by atoms with van der Waals surface area (Å²) in [5.41, 5.74) is 5.27. The molecule has 1 heterocycles. The van der Waals surface area contributed by atoms with Crippen LogP contribution in [0.2, 0.25) is 0 Å². The molecule has 0 saturated carbocycles. The van der Waals surface area contributed by atoms with Gasteiger partial charge in [-0.15, -0.1) is 0 Å². The van der Waals surface area contributed by atoms with E-state index in [0.29, 0.717) is 25.1 Å². The number of carboxylic acids is 1. The molecule has 1 aromatic carbocycles. The zero-order valence-corrected chi connectivity index (χ0v) is 12.8. The van der Waals surface area contributed by atoms with Gasteiger partial charge in [0.1, 0.15) is 5.75 Å². The number of carboxylic acid groups (broad SMARTS) is 1. The highest BCUT2D eigenvalue weighted by Gasteiger charge is 2.26. The number of ether oxygens (including phenoxy) is 1. The molecule has 0 atom stereocenters. The topological polar surface area (TPSA) is 78.9 Å².